The average molecular weight is 216 g/mol. The lowest BCUT2D eigenvalue weighted by Gasteiger charge is -2.24. The lowest BCUT2D eigenvalue weighted by Crippen LogP contribution is -2.34. The number of hydrogen-bond donors (Lipinski definition) is 1. The summed E-state index contributed by atoms with van der Waals surface area (Å²) in [6, 6.07) is 0. The van der Waals surface area contributed by atoms with E-state index in [0.717, 1.165) is 31.9 Å². The fourth-order valence-electron chi connectivity index (χ4n) is 1.68. The first kappa shape index (κ1) is 9.96. The van der Waals surface area contributed by atoms with E-state index in [-0.39, 0.29) is 6.10 Å². The van der Waals surface area contributed by atoms with Gasteiger partial charge >= 0.3 is 0 Å². The molecule has 78 valence electrons. The van der Waals surface area contributed by atoms with Crippen molar-refractivity contribution in [2.24, 2.45) is 0 Å². The predicted molar refractivity (Wildman–Crippen MR) is 54.5 cm³/mol. The average Bonchev–Trinajstić information content (AvgIpc) is 2.61. The number of halogens is 1. The molecule has 0 aliphatic carbocycles. The van der Waals surface area contributed by atoms with E-state index in [4.69, 9.17) is 16.3 Å². The smallest absolute Gasteiger partial charge is 0.152 e. The summed E-state index contributed by atoms with van der Waals surface area (Å²) in [5.41, 5.74) is 0.987. The van der Waals surface area contributed by atoms with Gasteiger partial charge < -0.3 is 14.6 Å². The molecule has 1 aromatic heterocycles. The number of nitrogens with one attached hydrogen (secondary N) is 1. The molecule has 1 aromatic rings. The first-order valence-electron chi connectivity index (χ1n) is 4.85. The molecule has 2 heterocycles. The van der Waals surface area contributed by atoms with Crippen LogP contribution in [0.1, 0.15) is 18.7 Å². The van der Waals surface area contributed by atoms with Crippen LogP contribution in [0.2, 0.25) is 5.15 Å². The van der Waals surface area contributed by atoms with Crippen molar-refractivity contribution >= 4 is 11.6 Å². The number of imidazole rings is 1. The van der Waals surface area contributed by atoms with Gasteiger partial charge in [-0.3, -0.25) is 0 Å². The van der Waals surface area contributed by atoms with Gasteiger partial charge in [-0.15, -0.1) is 0 Å². The molecule has 1 aliphatic rings. The monoisotopic (exact) mass is 215 g/mol. The Balaban J connectivity index is 2.23. The van der Waals surface area contributed by atoms with Gasteiger partial charge in [0.1, 0.15) is 6.10 Å². The molecule has 1 N–H and O–H groups in total. The lowest BCUT2D eigenvalue weighted by atomic mass is 10.2. The number of morpholine rings is 1. The molecule has 14 heavy (non-hydrogen) atoms. The molecule has 5 heteroatoms. The van der Waals surface area contributed by atoms with E-state index in [1.807, 2.05) is 4.57 Å². The molecule has 1 unspecified atom stereocenters. The minimum absolute atomic E-state index is 0.0405. The van der Waals surface area contributed by atoms with Crippen LogP contribution < -0.4 is 5.32 Å². The van der Waals surface area contributed by atoms with Crippen molar-refractivity contribution in [3.63, 3.8) is 0 Å². The molecule has 0 saturated carbocycles. The molecule has 2 rings (SSSR count). The van der Waals surface area contributed by atoms with Crippen molar-refractivity contribution in [2.45, 2.75) is 19.6 Å². The van der Waals surface area contributed by atoms with E-state index in [9.17, 15) is 0 Å². The zero-order chi connectivity index (χ0) is 9.97. The Labute approximate surface area is 88.2 Å². The van der Waals surface area contributed by atoms with E-state index in [1.165, 1.54) is 0 Å². The number of aromatic nitrogens is 2. The quantitative estimate of drug-likeness (QED) is 0.807. The Morgan fingerprint density at radius 2 is 2.64 bits per heavy atom. The summed E-state index contributed by atoms with van der Waals surface area (Å²) in [5, 5.41) is 3.83. The van der Waals surface area contributed by atoms with Crippen molar-refractivity contribution < 1.29 is 4.74 Å². The highest BCUT2D eigenvalue weighted by Gasteiger charge is 2.22. The Hall–Kier alpha value is -0.580. The highest BCUT2D eigenvalue weighted by molar-refractivity contribution is 6.30. The maximum absolute atomic E-state index is 6.02. The molecule has 1 aliphatic heterocycles. The molecule has 0 aromatic carbocycles. The maximum atomic E-state index is 6.02. The van der Waals surface area contributed by atoms with E-state index >= 15 is 0 Å². The third-order valence-corrected chi connectivity index (χ3v) is 2.70. The van der Waals surface area contributed by atoms with Crippen molar-refractivity contribution in [2.75, 3.05) is 19.7 Å². The van der Waals surface area contributed by atoms with E-state index in [1.54, 1.807) is 6.33 Å². The summed E-state index contributed by atoms with van der Waals surface area (Å²) < 4.78 is 7.67. The van der Waals surface area contributed by atoms with Crippen LogP contribution in [0.4, 0.5) is 0 Å². The van der Waals surface area contributed by atoms with Crippen LogP contribution in [-0.2, 0) is 11.3 Å². The third kappa shape index (κ3) is 1.78. The second kappa shape index (κ2) is 4.29. The van der Waals surface area contributed by atoms with Crippen molar-refractivity contribution in [3.8, 4) is 0 Å². The van der Waals surface area contributed by atoms with Crippen molar-refractivity contribution in [3.05, 3.63) is 17.2 Å². The summed E-state index contributed by atoms with van der Waals surface area (Å²) >= 11 is 6.02. The molecular formula is C9H14ClN3O. The minimum Gasteiger partial charge on any atom is -0.369 e. The Morgan fingerprint density at radius 1 is 1.79 bits per heavy atom. The summed E-state index contributed by atoms with van der Waals surface area (Å²) in [7, 11) is 0. The molecule has 1 atom stereocenters. The standard InChI is InChI=1S/C9H14ClN3O/c1-2-13-6-12-9(10)8(13)7-5-11-3-4-14-7/h6-7,11H,2-5H2,1H3. The zero-order valence-electron chi connectivity index (χ0n) is 8.16. The van der Waals surface area contributed by atoms with Crippen molar-refractivity contribution in [1.82, 2.24) is 14.9 Å². The number of nitrogens with zero attached hydrogens (tertiary/aromatic N) is 2. The predicted octanol–water partition coefficient (Wildman–Crippen LogP) is 1.22. The van der Waals surface area contributed by atoms with Gasteiger partial charge in [-0.2, -0.15) is 0 Å². The Bertz CT molecular complexity index is 307. The molecule has 0 amide bonds. The summed E-state index contributed by atoms with van der Waals surface area (Å²) in [6.07, 6.45) is 1.80. The molecule has 0 spiro atoms. The first-order chi connectivity index (χ1) is 6.83. The molecule has 0 radical (unpaired) electrons. The summed E-state index contributed by atoms with van der Waals surface area (Å²) in [5.74, 6) is 0. The SMILES string of the molecule is CCn1cnc(Cl)c1C1CNCCO1. The molecule has 1 saturated heterocycles. The number of rotatable bonds is 2. The molecule has 1 fully saturated rings. The number of aryl methyl sites for hydroxylation is 1. The van der Waals surface area contributed by atoms with Crippen LogP contribution in [-0.4, -0.2) is 29.2 Å². The van der Waals surface area contributed by atoms with E-state index in [2.05, 4.69) is 17.2 Å². The van der Waals surface area contributed by atoms with Crippen LogP contribution in [0.3, 0.4) is 0 Å². The van der Waals surface area contributed by atoms with Crippen LogP contribution in [0.25, 0.3) is 0 Å². The fraction of sp³-hybridized carbons (Fsp3) is 0.667. The highest BCUT2D eigenvalue weighted by Crippen LogP contribution is 2.25. The summed E-state index contributed by atoms with van der Waals surface area (Å²) in [6.45, 7) is 5.39. The van der Waals surface area contributed by atoms with Gasteiger partial charge in [0, 0.05) is 19.6 Å². The van der Waals surface area contributed by atoms with Gasteiger partial charge in [0.25, 0.3) is 0 Å². The molecule has 0 bridgehead atoms. The van der Waals surface area contributed by atoms with Gasteiger partial charge in [-0.25, -0.2) is 4.98 Å². The highest BCUT2D eigenvalue weighted by atomic mass is 35.5. The topological polar surface area (TPSA) is 39.1 Å². The maximum Gasteiger partial charge on any atom is 0.152 e. The second-order valence-corrected chi connectivity index (χ2v) is 3.63. The minimum atomic E-state index is 0.0405. The fourth-order valence-corrected chi connectivity index (χ4v) is 1.95. The van der Waals surface area contributed by atoms with Gasteiger partial charge in [-0.05, 0) is 6.92 Å². The third-order valence-electron chi connectivity index (χ3n) is 2.40. The van der Waals surface area contributed by atoms with Gasteiger partial charge in [-0.1, -0.05) is 11.6 Å². The van der Waals surface area contributed by atoms with Crippen LogP contribution in [0.5, 0.6) is 0 Å². The van der Waals surface area contributed by atoms with Crippen LogP contribution in [0.15, 0.2) is 6.33 Å². The normalized spacial score (nSPS) is 22.6. The van der Waals surface area contributed by atoms with E-state index in [0.29, 0.717) is 5.15 Å². The first-order valence-corrected chi connectivity index (χ1v) is 5.23. The van der Waals surface area contributed by atoms with Gasteiger partial charge in [0.15, 0.2) is 5.15 Å². The van der Waals surface area contributed by atoms with Crippen LogP contribution in [0, 0.1) is 0 Å². The van der Waals surface area contributed by atoms with Gasteiger partial charge in [0.05, 0.1) is 18.6 Å². The van der Waals surface area contributed by atoms with E-state index < -0.39 is 0 Å². The summed E-state index contributed by atoms with van der Waals surface area (Å²) in [4.78, 5) is 4.08. The number of ether oxygens (including phenoxy) is 1. The second-order valence-electron chi connectivity index (χ2n) is 3.27. The largest absolute Gasteiger partial charge is 0.369 e. The molecule has 4 nitrogen and oxygen atoms in total. The lowest BCUT2D eigenvalue weighted by molar-refractivity contribution is 0.0229. The van der Waals surface area contributed by atoms with Gasteiger partial charge in [0.2, 0.25) is 0 Å². The number of hydrogen-bond acceptors (Lipinski definition) is 3. The van der Waals surface area contributed by atoms with Crippen molar-refractivity contribution in [1.29, 1.82) is 0 Å². The van der Waals surface area contributed by atoms with Crippen LogP contribution >= 0.6 is 11.6 Å². The molecular weight excluding hydrogens is 202 g/mol. The Morgan fingerprint density at radius 3 is 3.29 bits per heavy atom. The Kier molecular flexibility index (Phi) is 3.05. The zero-order valence-corrected chi connectivity index (χ0v) is 8.92.